The lowest BCUT2D eigenvalue weighted by Crippen LogP contribution is -2.49. The van der Waals surface area contributed by atoms with E-state index in [9.17, 15) is 9.18 Å². The summed E-state index contributed by atoms with van der Waals surface area (Å²) in [7, 11) is 1.67. The predicted octanol–water partition coefficient (Wildman–Crippen LogP) is 2.38. The van der Waals surface area contributed by atoms with Gasteiger partial charge in [-0.05, 0) is 51.1 Å². The highest BCUT2D eigenvalue weighted by Gasteiger charge is 2.33. The monoisotopic (exact) mass is 358 g/mol. The first-order chi connectivity index (χ1) is 11.5. The highest BCUT2D eigenvalue weighted by Crippen LogP contribution is 2.29. The van der Waals surface area contributed by atoms with E-state index in [2.05, 4.69) is 10.6 Å². The molecule has 1 aliphatic rings. The van der Waals surface area contributed by atoms with Crippen LogP contribution in [0.15, 0.2) is 18.2 Å². The number of amides is 1. The van der Waals surface area contributed by atoms with Gasteiger partial charge < -0.3 is 20.1 Å². The normalized spacial score (nSPS) is 18.0. The summed E-state index contributed by atoms with van der Waals surface area (Å²) in [6.45, 7) is 4.60. The molecule has 0 aliphatic carbocycles. The van der Waals surface area contributed by atoms with E-state index < -0.39 is 11.9 Å². The van der Waals surface area contributed by atoms with Crippen molar-refractivity contribution in [2.45, 2.75) is 25.9 Å². The number of ether oxygens (including phenoxy) is 2. The average molecular weight is 359 g/mol. The fraction of sp³-hybridized carbons (Fsp3) is 0.588. The van der Waals surface area contributed by atoms with Crippen LogP contribution in [0.3, 0.4) is 0 Å². The van der Waals surface area contributed by atoms with E-state index >= 15 is 0 Å². The third-order valence-electron chi connectivity index (χ3n) is 4.32. The van der Waals surface area contributed by atoms with Crippen LogP contribution < -0.4 is 15.4 Å². The van der Waals surface area contributed by atoms with Crippen LogP contribution in [-0.2, 0) is 9.53 Å². The van der Waals surface area contributed by atoms with Crippen LogP contribution in [0.4, 0.5) is 4.39 Å². The minimum absolute atomic E-state index is 0.0527. The molecule has 0 spiro atoms. The number of hydrogen-bond donors (Lipinski definition) is 2. The second-order valence-corrected chi connectivity index (χ2v) is 6.64. The van der Waals surface area contributed by atoms with E-state index in [0.29, 0.717) is 13.2 Å². The zero-order valence-electron chi connectivity index (χ0n) is 14.0. The quantitative estimate of drug-likeness (QED) is 0.785. The number of methoxy groups -OCH3 is 1. The first-order valence-corrected chi connectivity index (χ1v) is 8.43. The average Bonchev–Trinajstić information content (AvgIpc) is 2.56. The van der Waals surface area contributed by atoms with Gasteiger partial charge >= 0.3 is 0 Å². The van der Waals surface area contributed by atoms with E-state index in [1.807, 2.05) is 0 Å². The number of nitrogens with one attached hydrogen (secondary N) is 2. The van der Waals surface area contributed by atoms with Crippen LogP contribution in [0.2, 0.25) is 5.02 Å². The molecule has 134 valence electrons. The number of halogens is 2. The predicted molar refractivity (Wildman–Crippen MR) is 90.9 cm³/mol. The van der Waals surface area contributed by atoms with Crippen molar-refractivity contribution in [3.8, 4) is 5.75 Å². The Morgan fingerprint density at radius 3 is 2.79 bits per heavy atom. The largest absolute Gasteiger partial charge is 0.479 e. The number of piperidine rings is 1. The van der Waals surface area contributed by atoms with Gasteiger partial charge in [-0.25, -0.2) is 4.39 Å². The molecule has 1 heterocycles. The number of carbonyl (C=O) groups is 1. The molecule has 5 nitrogen and oxygen atoms in total. The number of rotatable bonds is 7. The lowest BCUT2D eigenvalue weighted by Gasteiger charge is -2.37. The summed E-state index contributed by atoms with van der Waals surface area (Å²) in [6.07, 6.45) is 1.16. The van der Waals surface area contributed by atoms with Gasteiger partial charge in [0.1, 0.15) is 11.6 Å². The number of carbonyl (C=O) groups excluding carboxylic acids is 1. The van der Waals surface area contributed by atoms with E-state index in [1.54, 1.807) is 14.0 Å². The Hall–Kier alpha value is -1.37. The van der Waals surface area contributed by atoms with Crippen molar-refractivity contribution in [3.63, 3.8) is 0 Å². The molecule has 1 aromatic rings. The molecule has 1 amide bonds. The SMILES string of the molecule is COCC1(CNC(=O)C(C)Oc2ccc(F)cc2Cl)CCNCC1. The standard InChI is InChI=1S/C17H24ClFN2O3/c1-12(24-15-4-3-13(19)9-14(15)18)16(22)21-10-17(11-23-2)5-7-20-8-6-17/h3-4,9,12,20H,5-8,10-11H2,1-2H3,(H,21,22). The topological polar surface area (TPSA) is 59.6 Å². The van der Waals surface area contributed by atoms with Gasteiger partial charge in [-0.1, -0.05) is 11.6 Å². The second-order valence-electron chi connectivity index (χ2n) is 6.24. The lowest BCUT2D eigenvalue weighted by atomic mass is 9.79. The summed E-state index contributed by atoms with van der Waals surface area (Å²) in [6, 6.07) is 3.82. The van der Waals surface area contributed by atoms with Crippen molar-refractivity contribution in [2.75, 3.05) is 33.4 Å². The van der Waals surface area contributed by atoms with Gasteiger partial charge in [-0.3, -0.25) is 4.79 Å². The first kappa shape index (κ1) is 19.0. The zero-order chi connectivity index (χ0) is 17.6. The summed E-state index contributed by atoms with van der Waals surface area (Å²) in [4.78, 5) is 12.3. The second kappa shape index (κ2) is 8.65. The maximum absolute atomic E-state index is 13.0. The Kier molecular flexibility index (Phi) is 6.83. The molecule has 0 saturated carbocycles. The molecular weight excluding hydrogens is 335 g/mol. The molecule has 0 aromatic heterocycles. The Bertz CT molecular complexity index is 559. The van der Waals surface area contributed by atoms with Crippen LogP contribution >= 0.6 is 11.6 Å². The van der Waals surface area contributed by atoms with Gasteiger partial charge in [0.2, 0.25) is 0 Å². The molecule has 1 aromatic carbocycles. The Morgan fingerprint density at radius 1 is 1.46 bits per heavy atom. The number of benzene rings is 1. The molecule has 1 atom stereocenters. The van der Waals surface area contributed by atoms with E-state index in [4.69, 9.17) is 21.1 Å². The Labute approximate surface area is 146 Å². The van der Waals surface area contributed by atoms with E-state index in [0.717, 1.165) is 32.0 Å². The minimum atomic E-state index is -0.728. The maximum Gasteiger partial charge on any atom is 0.260 e. The smallest absolute Gasteiger partial charge is 0.260 e. The van der Waals surface area contributed by atoms with Gasteiger partial charge in [0.05, 0.1) is 11.6 Å². The van der Waals surface area contributed by atoms with Crippen LogP contribution in [0.25, 0.3) is 0 Å². The van der Waals surface area contributed by atoms with Gasteiger partial charge in [0, 0.05) is 19.1 Å². The van der Waals surface area contributed by atoms with E-state index in [-0.39, 0.29) is 22.1 Å². The molecule has 1 aliphatic heterocycles. The molecule has 24 heavy (non-hydrogen) atoms. The molecule has 1 fully saturated rings. The molecule has 0 radical (unpaired) electrons. The van der Waals surface area contributed by atoms with Crippen LogP contribution in [0.5, 0.6) is 5.75 Å². The first-order valence-electron chi connectivity index (χ1n) is 8.05. The molecule has 0 bridgehead atoms. The van der Waals surface area contributed by atoms with Crippen LogP contribution in [0.1, 0.15) is 19.8 Å². The van der Waals surface area contributed by atoms with Gasteiger partial charge in [-0.15, -0.1) is 0 Å². The van der Waals surface area contributed by atoms with Crippen molar-refractivity contribution < 1.29 is 18.7 Å². The summed E-state index contributed by atoms with van der Waals surface area (Å²) >= 11 is 5.92. The van der Waals surface area contributed by atoms with Crippen molar-refractivity contribution >= 4 is 17.5 Å². The van der Waals surface area contributed by atoms with Crippen molar-refractivity contribution in [1.29, 1.82) is 0 Å². The highest BCUT2D eigenvalue weighted by molar-refractivity contribution is 6.32. The molecular formula is C17H24ClFN2O3. The van der Waals surface area contributed by atoms with Gasteiger partial charge in [0.15, 0.2) is 6.10 Å². The fourth-order valence-electron chi connectivity index (χ4n) is 2.87. The zero-order valence-corrected chi connectivity index (χ0v) is 14.8. The number of hydrogen-bond acceptors (Lipinski definition) is 4. The Balaban J connectivity index is 1.90. The highest BCUT2D eigenvalue weighted by atomic mass is 35.5. The molecule has 2 rings (SSSR count). The van der Waals surface area contributed by atoms with Crippen LogP contribution in [0, 0.1) is 11.2 Å². The molecule has 1 saturated heterocycles. The summed E-state index contributed by atoms with van der Waals surface area (Å²) in [5.41, 5.74) is -0.0527. The van der Waals surface area contributed by atoms with Gasteiger partial charge in [0.25, 0.3) is 5.91 Å². The summed E-state index contributed by atoms with van der Waals surface area (Å²) in [5.74, 6) is -0.393. The summed E-state index contributed by atoms with van der Waals surface area (Å²) in [5, 5.41) is 6.40. The third-order valence-corrected chi connectivity index (χ3v) is 4.61. The van der Waals surface area contributed by atoms with Crippen molar-refractivity contribution in [1.82, 2.24) is 10.6 Å². The minimum Gasteiger partial charge on any atom is -0.479 e. The lowest BCUT2D eigenvalue weighted by molar-refractivity contribution is -0.128. The van der Waals surface area contributed by atoms with Crippen LogP contribution in [-0.4, -0.2) is 45.4 Å². The molecule has 7 heteroatoms. The maximum atomic E-state index is 13.0. The van der Waals surface area contributed by atoms with E-state index in [1.165, 1.54) is 12.1 Å². The molecule has 2 N–H and O–H groups in total. The van der Waals surface area contributed by atoms with Crippen molar-refractivity contribution in [2.24, 2.45) is 5.41 Å². The fourth-order valence-corrected chi connectivity index (χ4v) is 3.08. The summed E-state index contributed by atoms with van der Waals surface area (Å²) < 4.78 is 23.9. The van der Waals surface area contributed by atoms with Gasteiger partial charge in [-0.2, -0.15) is 0 Å². The Morgan fingerprint density at radius 2 is 2.17 bits per heavy atom. The third kappa shape index (κ3) is 5.06. The van der Waals surface area contributed by atoms with Crippen molar-refractivity contribution in [3.05, 3.63) is 29.0 Å². The molecule has 1 unspecified atom stereocenters.